The number of fused-ring (bicyclic) bond motifs is 2. The van der Waals surface area contributed by atoms with Gasteiger partial charge in [-0.25, -0.2) is 0 Å². The smallest absolute Gasteiger partial charge is 0.267 e. The van der Waals surface area contributed by atoms with Crippen LogP contribution in [0, 0.1) is 17.8 Å². The molecule has 4 fully saturated rings. The first kappa shape index (κ1) is 14.6. The summed E-state index contributed by atoms with van der Waals surface area (Å²) in [6.07, 6.45) is 5.64. The van der Waals surface area contributed by atoms with Crippen molar-refractivity contribution < 1.29 is 14.3 Å². The Kier molecular flexibility index (Phi) is 3.29. The molecule has 0 spiro atoms. The van der Waals surface area contributed by atoms with E-state index in [1.165, 1.54) is 32.1 Å². The van der Waals surface area contributed by atoms with E-state index >= 15 is 0 Å². The first-order valence-corrected chi connectivity index (χ1v) is 9.40. The molecule has 2 unspecified atom stereocenters. The number of ether oxygens (including phenoxy) is 2. The molecule has 0 aromatic heterocycles. The summed E-state index contributed by atoms with van der Waals surface area (Å²) >= 11 is 0. The third-order valence-corrected chi connectivity index (χ3v) is 6.48. The molecule has 128 valence electrons. The van der Waals surface area contributed by atoms with Gasteiger partial charge in [0.25, 0.3) is 5.91 Å². The lowest BCUT2D eigenvalue weighted by atomic mass is 9.68. The van der Waals surface area contributed by atoms with Gasteiger partial charge in [-0.15, -0.1) is 0 Å². The highest BCUT2D eigenvalue weighted by Crippen LogP contribution is 2.48. The molecule has 1 aromatic rings. The average Bonchev–Trinajstić information content (AvgIpc) is 2.77. The monoisotopic (exact) mass is 327 g/mol. The van der Waals surface area contributed by atoms with Gasteiger partial charge in [0.05, 0.1) is 0 Å². The van der Waals surface area contributed by atoms with E-state index in [2.05, 4.69) is 4.90 Å². The summed E-state index contributed by atoms with van der Waals surface area (Å²) in [5.41, 5.74) is 0. The lowest BCUT2D eigenvalue weighted by Crippen LogP contribution is -2.54. The van der Waals surface area contributed by atoms with Crippen LogP contribution in [0.1, 0.15) is 39.0 Å². The Morgan fingerprint density at radius 1 is 0.958 bits per heavy atom. The maximum Gasteiger partial charge on any atom is 0.267 e. The van der Waals surface area contributed by atoms with Crippen LogP contribution in [0.15, 0.2) is 24.3 Å². The van der Waals surface area contributed by atoms with Crippen LogP contribution in [0.3, 0.4) is 0 Å². The highest BCUT2D eigenvalue weighted by atomic mass is 16.6. The zero-order valence-corrected chi connectivity index (χ0v) is 14.2. The van der Waals surface area contributed by atoms with Gasteiger partial charge < -0.3 is 14.4 Å². The minimum atomic E-state index is -0.518. The summed E-state index contributed by atoms with van der Waals surface area (Å²) < 4.78 is 12.0. The minimum absolute atomic E-state index is 0.134. The lowest BCUT2D eigenvalue weighted by Gasteiger charge is -2.40. The molecule has 0 N–H and O–H groups in total. The Bertz CT molecular complexity index is 646. The highest BCUT2D eigenvalue weighted by molar-refractivity contribution is 5.83. The predicted octanol–water partition coefficient (Wildman–Crippen LogP) is 3.25. The van der Waals surface area contributed by atoms with E-state index in [1.54, 1.807) is 0 Å². The van der Waals surface area contributed by atoms with Crippen molar-refractivity contribution in [3.63, 3.8) is 0 Å². The molecule has 24 heavy (non-hydrogen) atoms. The SMILES string of the molecule is C[C@@H]1Oc2ccccc2O[C@H]1C(=O)N1CC2C[C@@H]3CC1C[C@H](C2)C3. The molecule has 4 bridgehead atoms. The van der Waals surface area contributed by atoms with E-state index in [9.17, 15) is 4.79 Å². The molecule has 5 aliphatic rings. The van der Waals surface area contributed by atoms with Crippen molar-refractivity contribution in [3.8, 4) is 11.5 Å². The maximum atomic E-state index is 13.3. The highest BCUT2D eigenvalue weighted by Gasteiger charge is 2.47. The number of carbonyl (C=O) groups excluding carboxylic acids is 1. The summed E-state index contributed by atoms with van der Waals surface area (Å²) in [4.78, 5) is 15.5. The third kappa shape index (κ3) is 2.30. The number of hydrogen-bond acceptors (Lipinski definition) is 3. The van der Waals surface area contributed by atoms with Gasteiger partial charge in [-0.2, -0.15) is 0 Å². The number of para-hydroxylation sites is 2. The van der Waals surface area contributed by atoms with Crippen LogP contribution < -0.4 is 9.47 Å². The molecule has 4 nitrogen and oxygen atoms in total. The summed E-state index contributed by atoms with van der Waals surface area (Å²) in [6.45, 7) is 2.87. The van der Waals surface area contributed by atoms with Crippen LogP contribution in [0.5, 0.6) is 11.5 Å². The Hall–Kier alpha value is -1.71. The molecule has 2 saturated carbocycles. The normalized spacial score (nSPS) is 39.6. The van der Waals surface area contributed by atoms with Crippen LogP contribution in [0.4, 0.5) is 0 Å². The zero-order valence-electron chi connectivity index (χ0n) is 14.2. The number of amides is 1. The van der Waals surface area contributed by atoms with Gasteiger partial charge in [0.1, 0.15) is 6.10 Å². The largest absolute Gasteiger partial charge is 0.482 e. The van der Waals surface area contributed by atoms with Crippen molar-refractivity contribution in [2.45, 2.75) is 57.3 Å². The molecule has 6 rings (SSSR count). The number of benzene rings is 1. The predicted molar refractivity (Wildman–Crippen MR) is 90.0 cm³/mol. The molecule has 6 atom stereocenters. The van der Waals surface area contributed by atoms with E-state index in [0.29, 0.717) is 17.7 Å². The molecule has 0 radical (unpaired) electrons. The zero-order chi connectivity index (χ0) is 16.3. The Labute approximate surface area is 143 Å². The van der Waals surface area contributed by atoms with Crippen molar-refractivity contribution in [2.75, 3.05) is 6.54 Å². The van der Waals surface area contributed by atoms with Crippen LogP contribution in [0.25, 0.3) is 0 Å². The molecular weight excluding hydrogens is 302 g/mol. The van der Waals surface area contributed by atoms with Crippen LogP contribution in [0.2, 0.25) is 0 Å². The second-order valence-corrected chi connectivity index (χ2v) is 8.23. The fraction of sp³-hybridized carbons (Fsp3) is 0.650. The quantitative estimate of drug-likeness (QED) is 0.795. The first-order valence-electron chi connectivity index (χ1n) is 9.40. The lowest BCUT2D eigenvalue weighted by molar-refractivity contribution is -0.147. The third-order valence-electron chi connectivity index (χ3n) is 6.48. The summed E-state index contributed by atoms with van der Waals surface area (Å²) in [6, 6.07) is 8.06. The van der Waals surface area contributed by atoms with Gasteiger partial charge >= 0.3 is 0 Å². The number of carbonyl (C=O) groups is 1. The van der Waals surface area contributed by atoms with Gasteiger partial charge in [-0.3, -0.25) is 4.79 Å². The number of nitrogens with zero attached hydrogens (tertiary/aromatic N) is 1. The van der Waals surface area contributed by atoms with Gasteiger partial charge in [-0.1, -0.05) is 12.1 Å². The van der Waals surface area contributed by atoms with Gasteiger partial charge in [-0.05, 0) is 68.9 Å². The molecule has 1 aromatic carbocycles. The van der Waals surface area contributed by atoms with Crippen molar-refractivity contribution >= 4 is 5.91 Å². The second kappa shape index (κ2) is 5.40. The number of rotatable bonds is 1. The Balaban J connectivity index is 1.40. The molecule has 2 aliphatic carbocycles. The molecule has 4 heteroatoms. The molecule has 3 aliphatic heterocycles. The Morgan fingerprint density at radius 2 is 1.58 bits per heavy atom. The second-order valence-electron chi connectivity index (χ2n) is 8.23. The standard InChI is InChI=1S/C20H25NO3/c1-12-19(24-18-5-3-2-4-17(18)23-12)20(22)21-11-15-7-13-6-14(8-15)10-16(21)9-13/h2-5,12-16,19H,6-11H2,1H3/t12-,13-,14+,15?,16?,19+/m0/s1. The van der Waals surface area contributed by atoms with E-state index in [1.807, 2.05) is 31.2 Å². The van der Waals surface area contributed by atoms with Gasteiger partial charge in [0.2, 0.25) is 6.10 Å². The van der Waals surface area contributed by atoms with Gasteiger partial charge in [0, 0.05) is 12.6 Å². The number of hydrogen-bond donors (Lipinski definition) is 0. The van der Waals surface area contributed by atoms with Crippen molar-refractivity contribution in [1.82, 2.24) is 4.90 Å². The van der Waals surface area contributed by atoms with Crippen molar-refractivity contribution in [2.24, 2.45) is 17.8 Å². The summed E-state index contributed by atoms with van der Waals surface area (Å²) in [5, 5.41) is 0. The van der Waals surface area contributed by atoms with E-state index in [4.69, 9.17) is 9.47 Å². The van der Waals surface area contributed by atoms with Crippen LogP contribution in [-0.2, 0) is 4.79 Å². The molecular formula is C20H25NO3. The fourth-order valence-corrected chi connectivity index (χ4v) is 5.61. The topological polar surface area (TPSA) is 38.8 Å². The van der Waals surface area contributed by atoms with Crippen molar-refractivity contribution in [1.29, 1.82) is 0 Å². The van der Waals surface area contributed by atoms with E-state index < -0.39 is 6.10 Å². The van der Waals surface area contributed by atoms with E-state index in [0.717, 1.165) is 24.1 Å². The minimum Gasteiger partial charge on any atom is -0.482 e. The summed E-state index contributed by atoms with van der Waals surface area (Å²) in [7, 11) is 0. The fourth-order valence-electron chi connectivity index (χ4n) is 5.61. The first-order chi connectivity index (χ1) is 11.7. The van der Waals surface area contributed by atoms with Crippen molar-refractivity contribution in [3.05, 3.63) is 24.3 Å². The summed E-state index contributed by atoms with van der Waals surface area (Å²) in [5.74, 6) is 3.94. The maximum absolute atomic E-state index is 13.3. The van der Waals surface area contributed by atoms with Crippen LogP contribution >= 0.6 is 0 Å². The van der Waals surface area contributed by atoms with E-state index in [-0.39, 0.29) is 12.0 Å². The molecule has 2 saturated heterocycles. The molecule has 3 heterocycles. The van der Waals surface area contributed by atoms with Gasteiger partial charge in [0.15, 0.2) is 11.5 Å². The average molecular weight is 327 g/mol. The Morgan fingerprint density at radius 3 is 2.29 bits per heavy atom. The molecule has 1 amide bonds. The van der Waals surface area contributed by atoms with Crippen LogP contribution in [-0.4, -0.2) is 35.6 Å².